The molecule has 0 aromatic carbocycles. The zero-order valence-corrected chi connectivity index (χ0v) is 18.0. The molecule has 32 heavy (non-hydrogen) atoms. The summed E-state index contributed by atoms with van der Waals surface area (Å²) >= 11 is 0. The van der Waals surface area contributed by atoms with Gasteiger partial charge in [0.2, 0.25) is 5.91 Å². The first-order valence-corrected chi connectivity index (χ1v) is 10.3. The Balaban J connectivity index is 2.90. The van der Waals surface area contributed by atoms with Gasteiger partial charge in [-0.3, -0.25) is 38.8 Å². The van der Waals surface area contributed by atoms with E-state index in [1.54, 1.807) is 19.6 Å². The van der Waals surface area contributed by atoms with Crippen molar-refractivity contribution in [3.8, 4) is 0 Å². The predicted octanol–water partition coefficient (Wildman–Crippen LogP) is -2.66. The molecule has 1 rings (SSSR count). The molecule has 0 radical (unpaired) electrons. The number of hydrogen-bond acceptors (Lipinski definition) is 10. The first-order valence-electron chi connectivity index (χ1n) is 10.3. The number of aliphatic carboxylic acids is 3. The fourth-order valence-corrected chi connectivity index (χ4v) is 3.28. The molecular formula is C18H32N6O8. The Bertz CT molecular complexity index is 617. The van der Waals surface area contributed by atoms with E-state index >= 15 is 0 Å². The molecule has 0 aliphatic carbocycles. The maximum Gasteiger partial charge on any atom is 0.317 e. The van der Waals surface area contributed by atoms with Crippen molar-refractivity contribution >= 4 is 23.8 Å². The van der Waals surface area contributed by atoms with E-state index in [9.17, 15) is 34.3 Å². The minimum Gasteiger partial charge on any atom is -0.480 e. The molecule has 0 spiro atoms. The Hall–Kier alpha value is -2.68. The molecule has 1 aliphatic rings. The molecule has 0 bridgehead atoms. The lowest BCUT2D eigenvalue weighted by Crippen LogP contribution is -2.49. The second-order valence-corrected chi connectivity index (χ2v) is 7.49. The molecule has 0 aromatic heterocycles. The average Bonchev–Trinajstić information content (AvgIpc) is 2.69. The number of nitrogens with zero attached hydrogens (tertiary/aromatic N) is 5. The first kappa shape index (κ1) is 27.4. The maximum absolute atomic E-state index is 12.2. The van der Waals surface area contributed by atoms with Crippen molar-refractivity contribution in [2.24, 2.45) is 5.18 Å². The van der Waals surface area contributed by atoms with Crippen LogP contribution in [0.3, 0.4) is 0 Å². The lowest BCUT2D eigenvalue weighted by Gasteiger charge is -2.32. The number of amides is 1. The highest BCUT2D eigenvalue weighted by Gasteiger charge is 2.20. The Morgan fingerprint density at radius 2 is 0.938 bits per heavy atom. The van der Waals surface area contributed by atoms with Gasteiger partial charge in [0.1, 0.15) is 0 Å². The van der Waals surface area contributed by atoms with Gasteiger partial charge in [-0.15, -0.1) is 0 Å². The smallest absolute Gasteiger partial charge is 0.317 e. The van der Waals surface area contributed by atoms with Crippen LogP contribution in [0, 0.1) is 4.91 Å². The van der Waals surface area contributed by atoms with Crippen molar-refractivity contribution in [3.63, 3.8) is 0 Å². The topological polar surface area (TPSA) is 183 Å². The first-order chi connectivity index (χ1) is 15.2. The molecule has 14 nitrogen and oxygen atoms in total. The molecule has 1 saturated heterocycles. The van der Waals surface area contributed by atoms with Crippen molar-refractivity contribution in [3.05, 3.63) is 4.91 Å². The van der Waals surface area contributed by atoms with Crippen LogP contribution >= 0.6 is 0 Å². The van der Waals surface area contributed by atoms with E-state index in [1.807, 2.05) is 0 Å². The van der Waals surface area contributed by atoms with Gasteiger partial charge in [0.05, 0.1) is 32.7 Å². The van der Waals surface area contributed by atoms with Crippen LogP contribution in [0.5, 0.6) is 0 Å². The van der Waals surface area contributed by atoms with E-state index in [0.29, 0.717) is 52.4 Å². The van der Waals surface area contributed by atoms with E-state index in [4.69, 9.17) is 5.11 Å². The van der Waals surface area contributed by atoms with Gasteiger partial charge in [-0.1, -0.05) is 5.18 Å². The molecule has 1 amide bonds. The summed E-state index contributed by atoms with van der Waals surface area (Å²) in [5, 5.41) is 32.8. The molecule has 1 heterocycles. The highest BCUT2D eigenvalue weighted by Crippen LogP contribution is 2.01. The quantitative estimate of drug-likeness (QED) is 0.186. The van der Waals surface area contributed by atoms with Crippen LogP contribution in [0.15, 0.2) is 5.18 Å². The largest absolute Gasteiger partial charge is 0.480 e. The molecule has 0 unspecified atom stereocenters. The maximum atomic E-state index is 12.2. The van der Waals surface area contributed by atoms with Crippen molar-refractivity contribution in [1.82, 2.24) is 24.9 Å². The van der Waals surface area contributed by atoms with Crippen LogP contribution < -0.4 is 5.32 Å². The van der Waals surface area contributed by atoms with Gasteiger partial charge in [-0.05, 0) is 0 Å². The van der Waals surface area contributed by atoms with Gasteiger partial charge in [0, 0.05) is 58.9 Å². The minimum atomic E-state index is -1.02. The zero-order valence-electron chi connectivity index (χ0n) is 18.0. The number of nitrogens with one attached hydrogen (secondary N) is 1. The summed E-state index contributed by atoms with van der Waals surface area (Å²) in [5.74, 6) is -3.36. The number of hydrogen-bond donors (Lipinski definition) is 4. The average molecular weight is 460 g/mol. The van der Waals surface area contributed by atoms with E-state index in [0.717, 1.165) is 0 Å². The van der Waals surface area contributed by atoms with Crippen molar-refractivity contribution in [2.45, 2.75) is 0 Å². The normalized spacial score (nSPS) is 18.2. The van der Waals surface area contributed by atoms with Crippen LogP contribution in [-0.2, 0) is 19.2 Å². The lowest BCUT2D eigenvalue weighted by atomic mass is 10.3. The summed E-state index contributed by atoms with van der Waals surface area (Å²) in [6.07, 6.45) is 0. The fraction of sp³-hybridized carbons (Fsp3) is 0.778. The molecule has 4 N–H and O–H groups in total. The monoisotopic (exact) mass is 460 g/mol. The molecule has 14 heteroatoms. The standard InChI is InChI=1S/C18H32N6O8/c25-15(19-1-2-20-32)11-21-3-5-22(12-16(26)27)7-9-24(14-18(30)31)10-8-23(6-4-21)13-17(28)29/h1-14H2,(H,19,25)(H,26,27)(H,28,29)(H,30,31). The third-order valence-electron chi connectivity index (χ3n) is 4.90. The summed E-state index contributed by atoms with van der Waals surface area (Å²) in [6, 6.07) is 0. The molecule has 1 fully saturated rings. The highest BCUT2D eigenvalue weighted by molar-refractivity contribution is 5.78. The van der Waals surface area contributed by atoms with E-state index in [2.05, 4.69) is 10.5 Å². The second kappa shape index (κ2) is 15.2. The summed E-state index contributed by atoms with van der Waals surface area (Å²) < 4.78 is 0. The molecular weight excluding hydrogens is 428 g/mol. The van der Waals surface area contributed by atoms with Gasteiger partial charge in [0.25, 0.3) is 0 Å². The Morgan fingerprint density at radius 3 is 1.22 bits per heavy atom. The third-order valence-corrected chi connectivity index (χ3v) is 4.90. The van der Waals surface area contributed by atoms with Crippen LogP contribution in [0.2, 0.25) is 0 Å². The van der Waals surface area contributed by atoms with E-state index in [1.165, 1.54) is 0 Å². The summed E-state index contributed by atoms with van der Waals surface area (Å²) in [5.41, 5.74) is 0. The Morgan fingerprint density at radius 1 is 0.625 bits per heavy atom. The van der Waals surface area contributed by atoms with Crippen LogP contribution in [0.1, 0.15) is 0 Å². The van der Waals surface area contributed by atoms with E-state index < -0.39 is 17.9 Å². The number of carbonyl (C=O) groups excluding carboxylic acids is 1. The van der Waals surface area contributed by atoms with Gasteiger partial charge >= 0.3 is 17.9 Å². The Kier molecular flexibility index (Phi) is 13.0. The van der Waals surface area contributed by atoms with Gasteiger partial charge in [0.15, 0.2) is 0 Å². The van der Waals surface area contributed by atoms with Crippen LogP contribution in [-0.4, -0.2) is 150 Å². The van der Waals surface area contributed by atoms with Crippen LogP contribution in [0.25, 0.3) is 0 Å². The SMILES string of the molecule is O=NCCNC(=O)CN1CCN(CC(=O)O)CCN(CC(=O)O)CCN(CC(=O)O)CC1. The van der Waals surface area contributed by atoms with Crippen molar-refractivity contribution < 1.29 is 34.5 Å². The number of rotatable bonds is 11. The number of nitroso groups, excluding NO2 is 1. The molecule has 0 atom stereocenters. The summed E-state index contributed by atoms with van der Waals surface area (Å²) in [6.45, 7) is 1.99. The predicted molar refractivity (Wildman–Crippen MR) is 112 cm³/mol. The zero-order chi connectivity index (χ0) is 23.9. The highest BCUT2D eigenvalue weighted by atomic mass is 16.4. The van der Waals surface area contributed by atoms with Crippen molar-refractivity contribution in [1.29, 1.82) is 0 Å². The number of carbonyl (C=O) groups is 4. The number of carboxylic acid groups (broad SMARTS) is 3. The van der Waals surface area contributed by atoms with Gasteiger partial charge < -0.3 is 20.6 Å². The second-order valence-electron chi connectivity index (χ2n) is 7.49. The van der Waals surface area contributed by atoms with Crippen molar-refractivity contribution in [2.75, 3.05) is 91.6 Å². The number of carboxylic acids is 3. The minimum absolute atomic E-state index is 0.00577. The molecule has 1 aliphatic heterocycles. The van der Waals surface area contributed by atoms with E-state index in [-0.39, 0.29) is 45.2 Å². The summed E-state index contributed by atoms with van der Waals surface area (Å²) in [4.78, 5) is 62.8. The molecule has 0 aromatic rings. The van der Waals surface area contributed by atoms with Crippen LogP contribution in [0.4, 0.5) is 0 Å². The lowest BCUT2D eigenvalue weighted by molar-refractivity contribution is -0.140. The van der Waals surface area contributed by atoms with Gasteiger partial charge in [-0.2, -0.15) is 4.91 Å². The fourth-order valence-electron chi connectivity index (χ4n) is 3.28. The Labute approximate surface area is 185 Å². The third kappa shape index (κ3) is 12.9. The summed E-state index contributed by atoms with van der Waals surface area (Å²) in [7, 11) is 0. The van der Waals surface area contributed by atoms with Gasteiger partial charge in [-0.25, -0.2) is 0 Å². The molecule has 0 saturated carbocycles. The molecule has 182 valence electrons.